The highest BCUT2D eigenvalue weighted by molar-refractivity contribution is 9.10. The smallest absolute Gasteiger partial charge is 0.175 e. The minimum atomic E-state index is 0.251. The summed E-state index contributed by atoms with van der Waals surface area (Å²) < 4.78 is 12.8. The molecule has 1 unspecified atom stereocenters. The Bertz CT molecular complexity index is 994. The van der Waals surface area contributed by atoms with Gasteiger partial charge in [-0.05, 0) is 64.7 Å². The number of hydrogen-bond acceptors (Lipinski definition) is 3. The van der Waals surface area contributed by atoms with Gasteiger partial charge in [0.1, 0.15) is 6.61 Å². The third kappa shape index (κ3) is 6.64. The molecule has 0 aromatic heterocycles. The van der Waals surface area contributed by atoms with Gasteiger partial charge < -0.3 is 14.8 Å². The van der Waals surface area contributed by atoms with Crippen LogP contribution in [0.25, 0.3) is 0 Å². The van der Waals surface area contributed by atoms with Gasteiger partial charge in [-0.15, -0.1) is 0 Å². The van der Waals surface area contributed by atoms with Gasteiger partial charge in [0, 0.05) is 28.2 Å². The second kappa shape index (κ2) is 12.5. The van der Waals surface area contributed by atoms with E-state index in [0.717, 1.165) is 35.0 Å². The summed E-state index contributed by atoms with van der Waals surface area (Å²) in [7, 11) is 0. The summed E-state index contributed by atoms with van der Waals surface area (Å²) in [5.41, 5.74) is 3.16. The zero-order valence-electron chi connectivity index (χ0n) is 18.3. The molecule has 0 amide bonds. The van der Waals surface area contributed by atoms with Gasteiger partial charge in [-0.3, -0.25) is 0 Å². The highest BCUT2D eigenvalue weighted by atomic mass is 79.9. The predicted octanol–water partition coefficient (Wildman–Crippen LogP) is 8.36. The molecule has 0 fully saturated rings. The monoisotopic (exact) mass is 535 g/mol. The highest BCUT2D eigenvalue weighted by Crippen LogP contribution is 2.38. The molecule has 6 heteroatoms. The SMILES string of the molecule is CCCC(NCc1cc(Br)c(OCc2c(Cl)cccc2Cl)c(OCC)c1)c1ccccc1. The third-order valence-corrected chi connectivity index (χ3v) is 6.42. The van der Waals surface area contributed by atoms with Crippen LogP contribution in [0.3, 0.4) is 0 Å². The van der Waals surface area contributed by atoms with E-state index in [9.17, 15) is 0 Å². The summed E-state index contributed by atoms with van der Waals surface area (Å²) in [6.07, 6.45) is 2.18. The van der Waals surface area contributed by atoms with Crippen LogP contribution in [0.1, 0.15) is 49.4 Å². The third-order valence-electron chi connectivity index (χ3n) is 5.12. The molecular weight excluding hydrogens is 509 g/mol. The molecule has 1 N–H and O–H groups in total. The van der Waals surface area contributed by atoms with Crippen molar-refractivity contribution in [2.24, 2.45) is 0 Å². The van der Waals surface area contributed by atoms with E-state index in [0.29, 0.717) is 34.2 Å². The van der Waals surface area contributed by atoms with Crippen molar-refractivity contribution in [3.8, 4) is 11.5 Å². The van der Waals surface area contributed by atoms with Crippen LogP contribution in [0, 0.1) is 0 Å². The summed E-state index contributed by atoms with van der Waals surface area (Å²) in [6.45, 7) is 5.67. The Morgan fingerprint density at radius 2 is 1.66 bits per heavy atom. The van der Waals surface area contributed by atoms with E-state index in [1.807, 2.05) is 25.1 Å². The van der Waals surface area contributed by atoms with Gasteiger partial charge in [0.25, 0.3) is 0 Å². The number of nitrogens with one attached hydrogen (secondary N) is 1. The van der Waals surface area contributed by atoms with Crippen LogP contribution in [0.15, 0.2) is 65.1 Å². The largest absolute Gasteiger partial charge is 0.490 e. The van der Waals surface area contributed by atoms with Crippen molar-refractivity contribution < 1.29 is 9.47 Å². The number of rotatable bonds is 11. The molecule has 3 aromatic carbocycles. The molecule has 3 aromatic rings. The van der Waals surface area contributed by atoms with E-state index in [2.05, 4.69) is 58.5 Å². The maximum atomic E-state index is 6.29. The second-order valence-corrected chi connectivity index (χ2v) is 9.13. The van der Waals surface area contributed by atoms with Gasteiger partial charge in [-0.1, -0.05) is 72.9 Å². The summed E-state index contributed by atoms with van der Waals surface area (Å²) in [5, 5.41) is 4.85. The Morgan fingerprint density at radius 1 is 0.938 bits per heavy atom. The van der Waals surface area contributed by atoms with Gasteiger partial charge >= 0.3 is 0 Å². The van der Waals surface area contributed by atoms with Crippen LogP contribution in [0.5, 0.6) is 11.5 Å². The zero-order valence-corrected chi connectivity index (χ0v) is 21.4. The van der Waals surface area contributed by atoms with Gasteiger partial charge in [-0.25, -0.2) is 0 Å². The van der Waals surface area contributed by atoms with E-state index in [-0.39, 0.29) is 6.61 Å². The number of halogens is 3. The quantitative estimate of drug-likeness (QED) is 0.267. The Kier molecular flexibility index (Phi) is 9.73. The first-order valence-corrected chi connectivity index (χ1v) is 12.4. The normalized spacial score (nSPS) is 11.9. The molecule has 0 aliphatic rings. The van der Waals surface area contributed by atoms with Crippen molar-refractivity contribution >= 4 is 39.1 Å². The fourth-order valence-electron chi connectivity index (χ4n) is 3.54. The molecule has 0 spiro atoms. The van der Waals surface area contributed by atoms with Crippen molar-refractivity contribution in [2.45, 2.75) is 45.9 Å². The number of ether oxygens (including phenoxy) is 2. The molecule has 1 atom stereocenters. The molecule has 0 aliphatic carbocycles. The van der Waals surface area contributed by atoms with Gasteiger partial charge in [-0.2, -0.15) is 0 Å². The molecule has 32 heavy (non-hydrogen) atoms. The lowest BCUT2D eigenvalue weighted by molar-refractivity contribution is 0.267. The van der Waals surface area contributed by atoms with E-state index in [1.165, 1.54) is 5.56 Å². The fraction of sp³-hybridized carbons (Fsp3) is 0.308. The molecule has 0 heterocycles. The van der Waals surface area contributed by atoms with Crippen molar-refractivity contribution in [1.82, 2.24) is 5.32 Å². The lowest BCUT2D eigenvalue weighted by Crippen LogP contribution is -2.21. The molecule has 170 valence electrons. The Hall–Kier alpha value is -1.72. The molecule has 0 saturated heterocycles. The predicted molar refractivity (Wildman–Crippen MR) is 137 cm³/mol. The molecule has 0 bridgehead atoms. The van der Waals surface area contributed by atoms with Crippen LogP contribution < -0.4 is 14.8 Å². The van der Waals surface area contributed by atoms with Crippen LogP contribution in [0.4, 0.5) is 0 Å². The van der Waals surface area contributed by atoms with E-state index in [4.69, 9.17) is 32.7 Å². The van der Waals surface area contributed by atoms with Gasteiger partial charge in [0.15, 0.2) is 11.5 Å². The van der Waals surface area contributed by atoms with Gasteiger partial charge in [0.05, 0.1) is 11.1 Å². The van der Waals surface area contributed by atoms with Crippen molar-refractivity contribution in [2.75, 3.05) is 6.61 Å². The number of benzene rings is 3. The Morgan fingerprint density at radius 3 is 2.31 bits per heavy atom. The first-order valence-electron chi connectivity index (χ1n) is 10.8. The van der Waals surface area contributed by atoms with E-state index >= 15 is 0 Å². The average Bonchev–Trinajstić information content (AvgIpc) is 2.78. The standard InChI is InChI=1S/C26H28BrCl2NO2/c1-3-9-24(19-10-6-5-7-11-19)30-16-18-14-21(27)26(25(15-18)31-4-2)32-17-20-22(28)12-8-13-23(20)29/h5-8,10-15,24,30H,3-4,9,16-17H2,1-2H3. The first kappa shape index (κ1) is 24.9. The summed E-state index contributed by atoms with van der Waals surface area (Å²) in [6, 6.07) is 20.4. The topological polar surface area (TPSA) is 30.5 Å². The summed E-state index contributed by atoms with van der Waals surface area (Å²) in [5.74, 6) is 1.33. The van der Waals surface area contributed by atoms with E-state index < -0.39 is 0 Å². The van der Waals surface area contributed by atoms with Crippen molar-refractivity contribution in [3.63, 3.8) is 0 Å². The minimum absolute atomic E-state index is 0.251. The molecule has 0 radical (unpaired) electrons. The molecule has 0 saturated carbocycles. The minimum Gasteiger partial charge on any atom is -0.490 e. The van der Waals surface area contributed by atoms with Crippen LogP contribution >= 0.6 is 39.1 Å². The maximum absolute atomic E-state index is 6.29. The Balaban J connectivity index is 1.77. The van der Waals surface area contributed by atoms with Crippen LogP contribution in [-0.2, 0) is 13.2 Å². The maximum Gasteiger partial charge on any atom is 0.175 e. The van der Waals surface area contributed by atoms with E-state index in [1.54, 1.807) is 12.1 Å². The Labute approximate surface area is 209 Å². The van der Waals surface area contributed by atoms with Crippen molar-refractivity contribution in [1.29, 1.82) is 0 Å². The summed E-state index contributed by atoms with van der Waals surface area (Å²) >= 11 is 16.2. The first-order chi connectivity index (χ1) is 15.5. The fourth-order valence-corrected chi connectivity index (χ4v) is 4.65. The van der Waals surface area contributed by atoms with Crippen LogP contribution in [0.2, 0.25) is 10.0 Å². The average molecular weight is 537 g/mol. The molecular formula is C26H28BrCl2NO2. The lowest BCUT2D eigenvalue weighted by Gasteiger charge is -2.20. The lowest BCUT2D eigenvalue weighted by atomic mass is 10.0. The second-order valence-electron chi connectivity index (χ2n) is 7.46. The number of hydrogen-bond donors (Lipinski definition) is 1. The molecule has 0 aliphatic heterocycles. The summed E-state index contributed by atoms with van der Waals surface area (Å²) in [4.78, 5) is 0. The zero-order chi connectivity index (χ0) is 22.9. The highest BCUT2D eigenvalue weighted by Gasteiger charge is 2.16. The molecule has 3 nitrogen and oxygen atoms in total. The van der Waals surface area contributed by atoms with Gasteiger partial charge in [0.2, 0.25) is 0 Å². The van der Waals surface area contributed by atoms with Crippen LogP contribution in [-0.4, -0.2) is 6.61 Å². The van der Waals surface area contributed by atoms with Crippen molar-refractivity contribution in [3.05, 3.63) is 91.9 Å². The molecule has 3 rings (SSSR count).